The molecule has 2 heteroatoms. The van der Waals surface area contributed by atoms with E-state index in [0.717, 1.165) is 10.7 Å². The molecule has 1 aromatic rings. The van der Waals surface area contributed by atoms with Gasteiger partial charge in [0.1, 0.15) is 0 Å². The van der Waals surface area contributed by atoms with Gasteiger partial charge in [0.25, 0.3) is 0 Å². The zero-order chi connectivity index (χ0) is 9.14. The average molecular weight is 184 g/mol. The molecular weight excluding hydrogens is 170 g/mol. The van der Waals surface area contributed by atoms with Crippen molar-refractivity contribution >= 4 is 17.3 Å². The molecule has 0 aliphatic rings. The molecule has 1 rings (SSSR count). The number of benzene rings is 1. The van der Waals surface area contributed by atoms with E-state index in [4.69, 9.17) is 11.6 Å². The van der Waals surface area contributed by atoms with Crippen LogP contribution < -0.4 is 5.32 Å². The number of halogens is 1. The molecule has 1 nitrogen and oxygen atoms in total. The minimum Gasteiger partial charge on any atom is -0.382 e. The van der Waals surface area contributed by atoms with Crippen LogP contribution in [0, 0.1) is 6.92 Å². The van der Waals surface area contributed by atoms with Crippen LogP contribution in [-0.2, 0) is 0 Å². The van der Waals surface area contributed by atoms with Crippen molar-refractivity contribution < 1.29 is 0 Å². The first kappa shape index (κ1) is 9.40. The molecule has 0 aliphatic carbocycles. The summed E-state index contributed by atoms with van der Waals surface area (Å²) in [5.41, 5.74) is 2.24. The van der Waals surface area contributed by atoms with Gasteiger partial charge < -0.3 is 5.32 Å². The quantitative estimate of drug-likeness (QED) is 0.741. The van der Waals surface area contributed by atoms with Crippen molar-refractivity contribution in [2.75, 3.05) is 5.32 Å². The Hall–Kier alpha value is -0.690. The first-order chi connectivity index (χ1) is 5.59. The summed E-state index contributed by atoms with van der Waals surface area (Å²) in [6, 6.07) is 6.40. The summed E-state index contributed by atoms with van der Waals surface area (Å²) in [5.74, 6) is 0. The Morgan fingerprint density at radius 2 is 2.00 bits per heavy atom. The van der Waals surface area contributed by atoms with Crippen LogP contribution >= 0.6 is 11.6 Å². The van der Waals surface area contributed by atoms with E-state index in [-0.39, 0.29) is 0 Å². The molecule has 0 amide bonds. The Labute approximate surface area is 78.7 Å². The minimum absolute atomic E-state index is 0.421. The topological polar surface area (TPSA) is 12.0 Å². The smallest absolute Gasteiger partial charge is 0.0637 e. The van der Waals surface area contributed by atoms with Crippen molar-refractivity contribution in [3.63, 3.8) is 0 Å². The number of hydrogen-bond donors (Lipinski definition) is 1. The largest absolute Gasteiger partial charge is 0.382 e. The number of aryl methyl sites for hydroxylation is 1. The van der Waals surface area contributed by atoms with Crippen LogP contribution in [0.15, 0.2) is 18.2 Å². The lowest BCUT2D eigenvalue weighted by atomic mass is 10.2. The Bertz CT molecular complexity index is 269. The molecule has 0 spiro atoms. The van der Waals surface area contributed by atoms with Crippen LogP contribution in [0.3, 0.4) is 0 Å². The molecule has 12 heavy (non-hydrogen) atoms. The lowest BCUT2D eigenvalue weighted by molar-refractivity contribution is 0.899. The molecule has 0 unspecified atom stereocenters. The Morgan fingerprint density at radius 1 is 1.33 bits per heavy atom. The van der Waals surface area contributed by atoms with Crippen LogP contribution in [-0.4, -0.2) is 6.04 Å². The van der Waals surface area contributed by atoms with Gasteiger partial charge in [-0.1, -0.05) is 17.7 Å². The van der Waals surface area contributed by atoms with Gasteiger partial charge in [-0.05, 0) is 38.5 Å². The fraction of sp³-hybridized carbons (Fsp3) is 0.400. The molecule has 0 bridgehead atoms. The minimum atomic E-state index is 0.421. The molecule has 0 saturated heterocycles. The first-order valence-corrected chi connectivity index (χ1v) is 4.50. The second-order valence-electron chi connectivity index (χ2n) is 3.28. The fourth-order valence-corrected chi connectivity index (χ4v) is 1.23. The van der Waals surface area contributed by atoms with E-state index < -0.39 is 0 Å². The van der Waals surface area contributed by atoms with E-state index in [0.29, 0.717) is 6.04 Å². The summed E-state index contributed by atoms with van der Waals surface area (Å²) in [6.45, 7) is 6.25. The molecule has 0 atom stereocenters. The zero-order valence-electron chi connectivity index (χ0n) is 7.69. The molecule has 0 heterocycles. The SMILES string of the molecule is Cc1ccc(Cl)c(NC(C)C)c1. The molecular formula is C10H14ClN. The van der Waals surface area contributed by atoms with E-state index in [1.807, 2.05) is 12.1 Å². The second kappa shape index (κ2) is 3.81. The predicted octanol–water partition coefficient (Wildman–Crippen LogP) is 3.47. The van der Waals surface area contributed by atoms with E-state index >= 15 is 0 Å². The van der Waals surface area contributed by atoms with Crippen molar-refractivity contribution in [3.8, 4) is 0 Å². The van der Waals surface area contributed by atoms with Crippen LogP contribution in [0.1, 0.15) is 19.4 Å². The summed E-state index contributed by atoms with van der Waals surface area (Å²) in [5, 5.41) is 4.07. The van der Waals surface area contributed by atoms with Gasteiger partial charge in [0.2, 0.25) is 0 Å². The molecule has 1 aromatic carbocycles. The maximum atomic E-state index is 5.98. The maximum Gasteiger partial charge on any atom is 0.0637 e. The van der Waals surface area contributed by atoms with Crippen molar-refractivity contribution in [2.45, 2.75) is 26.8 Å². The summed E-state index contributed by atoms with van der Waals surface area (Å²) in [7, 11) is 0. The third-order valence-corrected chi connectivity index (χ3v) is 1.90. The van der Waals surface area contributed by atoms with E-state index in [1.165, 1.54) is 5.56 Å². The van der Waals surface area contributed by atoms with E-state index in [9.17, 15) is 0 Å². The van der Waals surface area contributed by atoms with Gasteiger partial charge in [0.15, 0.2) is 0 Å². The average Bonchev–Trinajstić information content (AvgIpc) is 1.96. The van der Waals surface area contributed by atoms with Crippen LogP contribution in [0.4, 0.5) is 5.69 Å². The number of rotatable bonds is 2. The highest BCUT2D eigenvalue weighted by atomic mass is 35.5. The Kier molecular flexibility index (Phi) is 2.99. The molecule has 66 valence electrons. The lowest BCUT2D eigenvalue weighted by Crippen LogP contribution is -2.09. The van der Waals surface area contributed by atoms with Crippen LogP contribution in [0.25, 0.3) is 0 Å². The van der Waals surface area contributed by atoms with Gasteiger partial charge in [-0.2, -0.15) is 0 Å². The third-order valence-electron chi connectivity index (χ3n) is 1.57. The van der Waals surface area contributed by atoms with Gasteiger partial charge in [0.05, 0.1) is 10.7 Å². The normalized spacial score (nSPS) is 10.4. The standard InChI is InChI=1S/C10H14ClN/c1-7(2)12-10-6-8(3)4-5-9(10)11/h4-7,12H,1-3H3. The summed E-state index contributed by atoms with van der Waals surface area (Å²) in [4.78, 5) is 0. The van der Waals surface area contributed by atoms with Gasteiger partial charge in [-0.15, -0.1) is 0 Å². The number of hydrogen-bond acceptors (Lipinski definition) is 1. The van der Waals surface area contributed by atoms with Crippen molar-refractivity contribution in [1.82, 2.24) is 0 Å². The third kappa shape index (κ3) is 2.42. The fourth-order valence-electron chi connectivity index (χ4n) is 1.06. The summed E-state index contributed by atoms with van der Waals surface area (Å²) in [6.07, 6.45) is 0. The highest BCUT2D eigenvalue weighted by Gasteiger charge is 2.00. The molecule has 0 aliphatic heterocycles. The highest BCUT2D eigenvalue weighted by Crippen LogP contribution is 2.23. The first-order valence-electron chi connectivity index (χ1n) is 4.12. The number of nitrogens with one attached hydrogen (secondary N) is 1. The van der Waals surface area contributed by atoms with Gasteiger partial charge in [-0.3, -0.25) is 0 Å². The Morgan fingerprint density at radius 3 is 2.58 bits per heavy atom. The molecule has 0 fully saturated rings. The van der Waals surface area contributed by atoms with E-state index in [2.05, 4.69) is 32.2 Å². The Balaban J connectivity index is 2.90. The maximum absolute atomic E-state index is 5.98. The zero-order valence-corrected chi connectivity index (χ0v) is 8.44. The van der Waals surface area contributed by atoms with Gasteiger partial charge in [-0.25, -0.2) is 0 Å². The lowest BCUT2D eigenvalue weighted by Gasteiger charge is -2.11. The monoisotopic (exact) mass is 183 g/mol. The molecule has 1 N–H and O–H groups in total. The van der Waals surface area contributed by atoms with Crippen molar-refractivity contribution in [1.29, 1.82) is 0 Å². The van der Waals surface area contributed by atoms with Crippen molar-refractivity contribution in [3.05, 3.63) is 28.8 Å². The van der Waals surface area contributed by atoms with Gasteiger partial charge in [0, 0.05) is 6.04 Å². The van der Waals surface area contributed by atoms with Gasteiger partial charge >= 0.3 is 0 Å². The second-order valence-corrected chi connectivity index (χ2v) is 3.69. The summed E-state index contributed by atoms with van der Waals surface area (Å²) >= 11 is 5.98. The number of anilines is 1. The van der Waals surface area contributed by atoms with Crippen LogP contribution in [0.5, 0.6) is 0 Å². The van der Waals surface area contributed by atoms with Crippen LogP contribution in [0.2, 0.25) is 5.02 Å². The molecule has 0 saturated carbocycles. The molecule has 0 aromatic heterocycles. The predicted molar refractivity (Wildman–Crippen MR) is 54.9 cm³/mol. The van der Waals surface area contributed by atoms with Crippen molar-refractivity contribution in [2.24, 2.45) is 0 Å². The summed E-state index contributed by atoms with van der Waals surface area (Å²) < 4.78 is 0. The van der Waals surface area contributed by atoms with E-state index in [1.54, 1.807) is 0 Å². The molecule has 0 radical (unpaired) electrons. The highest BCUT2D eigenvalue weighted by molar-refractivity contribution is 6.33.